The van der Waals surface area contributed by atoms with Crippen LogP contribution in [-0.2, 0) is 10.1 Å². The molecule has 6 N–H and O–H groups in total. The fraction of sp³-hybridized carbons (Fsp3) is 0.556. The molecule has 0 saturated heterocycles. The number of unbranched alkanes of at least 4 members (excludes halogenated alkanes) is 6. The summed E-state index contributed by atoms with van der Waals surface area (Å²) < 4.78 is 31.8. The van der Waals surface area contributed by atoms with Crippen molar-refractivity contribution in [2.75, 3.05) is 36.4 Å². The molecule has 198 valence electrons. The zero-order valence-electron chi connectivity index (χ0n) is 21.8. The van der Waals surface area contributed by atoms with E-state index in [0.29, 0.717) is 11.4 Å². The number of nitrogens with two attached hydrogens (primary N) is 2. The molecule has 0 aliphatic heterocycles. The lowest BCUT2D eigenvalue weighted by atomic mass is 10.2. The van der Waals surface area contributed by atoms with Crippen LogP contribution in [0.1, 0.15) is 78.6 Å². The summed E-state index contributed by atoms with van der Waals surface area (Å²) in [7, 11) is -4.35. The van der Waals surface area contributed by atoms with E-state index in [1.165, 1.54) is 95.6 Å². The van der Waals surface area contributed by atoms with Crippen molar-refractivity contribution in [1.82, 2.24) is 4.90 Å². The summed E-state index contributed by atoms with van der Waals surface area (Å²) in [4.78, 5) is 2.42. The first-order chi connectivity index (χ1) is 16.7. The molecule has 0 aliphatic rings. The van der Waals surface area contributed by atoms with Crippen molar-refractivity contribution in [3.8, 4) is 0 Å². The molecule has 0 radical (unpaired) electrons. The van der Waals surface area contributed by atoms with Gasteiger partial charge in [-0.15, -0.1) is 0 Å². The van der Waals surface area contributed by atoms with E-state index in [1.807, 2.05) is 0 Å². The summed E-state index contributed by atoms with van der Waals surface area (Å²) >= 11 is 0. The number of benzene rings is 2. The quantitative estimate of drug-likeness (QED) is 0.120. The van der Waals surface area contributed by atoms with Crippen molar-refractivity contribution in [3.05, 3.63) is 42.5 Å². The van der Waals surface area contributed by atoms with Gasteiger partial charge in [0.2, 0.25) is 0 Å². The lowest BCUT2D eigenvalue weighted by Gasteiger charge is -2.22. The molecule has 35 heavy (non-hydrogen) atoms. The van der Waals surface area contributed by atoms with Crippen LogP contribution in [0.25, 0.3) is 0 Å². The first-order valence-electron chi connectivity index (χ1n) is 12.9. The van der Waals surface area contributed by atoms with Crippen LogP contribution in [0.2, 0.25) is 0 Å². The topological polar surface area (TPSA) is 122 Å². The summed E-state index contributed by atoms with van der Waals surface area (Å²) in [5, 5.41) is 2.88. The molecule has 2 aromatic carbocycles. The van der Waals surface area contributed by atoms with Gasteiger partial charge in [-0.1, -0.05) is 59.3 Å². The molecule has 8 heteroatoms. The minimum Gasteiger partial charge on any atom is -0.399 e. The average molecular weight is 507 g/mol. The molecule has 0 bridgehead atoms. The minimum atomic E-state index is -4.35. The molecule has 0 spiro atoms. The Balaban J connectivity index is 0.000000357. The summed E-state index contributed by atoms with van der Waals surface area (Å²) in [6.07, 6.45) is 12.4. The van der Waals surface area contributed by atoms with Gasteiger partial charge < -0.3 is 21.7 Å². The number of hydrogen-bond acceptors (Lipinski definition) is 6. The van der Waals surface area contributed by atoms with Crippen molar-refractivity contribution >= 4 is 32.9 Å². The van der Waals surface area contributed by atoms with Crippen LogP contribution in [0, 0.1) is 0 Å². The van der Waals surface area contributed by atoms with E-state index in [2.05, 4.69) is 31.0 Å². The van der Waals surface area contributed by atoms with Gasteiger partial charge in [0.15, 0.2) is 0 Å². The maximum absolute atomic E-state index is 11.3. The summed E-state index contributed by atoms with van der Waals surface area (Å²) in [6.45, 7) is 10.9. The number of nitrogen functional groups attached to an aromatic ring is 2. The minimum absolute atomic E-state index is 0.237. The van der Waals surface area contributed by atoms with Gasteiger partial charge in [-0.25, -0.2) is 0 Å². The summed E-state index contributed by atoms with van der Waals surface area (Å²) in [6, 6.07) is 10.9. The molecule has 0 fully saturated rings. The molecule has 0 aromatic heterocycles. The van der Waals surface area contributed by atoms with E-state index < -0.39 is 10.1 Å². The van der Waals surface area contributed by atoms with Gasteiger partial charge >= 0.3 is 0 Å². The lowest BCUT2D eigenvalue weighted by Crippen LogP contribution is -2.27. The van der Waals surface area contributed by atoms with E-state index in [-0.39, 0.29) is 16.3 Å². The van der Waals surface area contributed by atoms with Crippen molar-refractivity contribution in [3.63, 3.8) is 0 Å². The van der Waals surface area contributed by atoms with Gasteiger partial charge in [-0.05, 0) is 81.4 Å². The number of nitrogens with zero attached hydrogens (tertiary/aromatic N) is 1. The molecule has 0 saturated carbocycles. The second-order valence-electron chi connectivity index (χ2n) is 8.94. The number of nitrogens with one attached hydrogen (secondary N) is 1. The van der Waals surface area contributed by atoms with E-state index in [0.717, 1.165) is 0 Å². The molecule has 0 atom stereocenters. The van der Waals surface area contributed by atoms with E-state index in [9.17, 15) is 13.0 Å². The Hall–Kier alpha value is -2.29. The lowest BCUT2D eigenvalue weighted by molar-refractivity contribution is 0.256. The van der Waals surface area contributed by atoms with Crippen molar-refractivity contribution in [2.24, 2.45) is 0 Å². The zero-order chi connectivity index (χ0) is 26.1. The molecule has 0 amide bonds. The van der Waals surface area contributed by atoms with Crippen LogP contribution in [0.3, 0.4) is 0 Å². The third kappa shape index (κ3) is 13.4. The molecule has 2 aromatic rings. The highest BCUT2D eigenvalue weighted by Crippen LogP contribution is 2.27. The third-order valence-corrected chi connectivity index (χ3v) is 6.60. The average Bonchev–Trinajstić information content (AvgIpc) is 2.81. The molecule has 2 rings (SSSR count). The maximum Gasteiger partial charge on any atom is 0.296 e. The Bertz CT molecular complexity index is 910. The zero-order valence-corrected chi connectivity index (χ0v) is 22.6. The highest BCUT2D eigenvalue weighted by molar-refractivity contribution is 7.86. The van der Waals surface area contributed by atoms with Gasteiger partial charge in [0.05, 0.1) is 5.69 Å². The predicted octanol–water partition coefficient (Wildman–Crippen LogP) is 6.70. The van der Waals surface area contributed by atoms with E-state index in [4.69, 9.17) is 11.5 Å². The Morgan fingerprint density at radius 2 is 1.20 bits per heavy atom. The van der Waals surface area contributed by atoms with Gasteiger partial charge in [-0.3, -0.25) is 4.55 Å². The molecule has 7 nitrogen and oxygen atoms in total. The van der Waals surface area contributed by atoms with Crippen LogP contribution in [-0.4, -0.2) is 37.5 Å². The van der Waals surface area contributed by atoms with Crippen LogP contribution in [0.5, 0.6) is 0 Å². The van der Waals surface area contributed by atoms with Gasteiger partial charge in [0, 0.05) is 17.1 Å². The second-order valence-corrected chi connectivity index (χ2v) is 10.3. The molecular formula is C27H46N4O3S. The summed E-state index contributed by atoms with van der Waals surface area (Å²) in [5.41, 5.74) is 12.8. The number of anilines is 4. The Labute approximate surface area is 213 Å². The normalized spacial score (nSPS) is 11.2. The highest BCUT2D eigenvalue weighted by atomic mass is 32.2. The Morgan fingerprint density at radius 1 is 0.743 bits per heavy atom. The highest BCUT2D eigenvalue weighted by Gasteiger charge is 2.16. The van der Waals surface area contributed by atoms with E-state index >= 15 is 0 Å². The van der Waals surface area contributed by atoms with Crippen LogP contribution in [0.4, 0.5) is 22.7 Å². The third-order valence-electron chi connectivity index (χ3n) is 5.71. The fourth-order valence-corrected chi connectivity index (χ4v) is 4.35. The second kappa shape index (κ2) is 17.2. The first kappa shape index (κ1) is 30.7. The largest absolute Gasteiger partial charge is 0.399 e. The van der Waals surface area contributed by atoms with Crippen LogP contribution < -0.4 is 16.8 Å². The van der Waals surface area contributed by atoms with Crippen molar-refractivity contribution < 1.29 is 13.0 Å². The van der Waals surface area contributed by atoms with Gasteiger partial charge in [0.25, 0.3) is 10.1 Å². The monoisotopic (exact) mass is 506 g/mol. The standard InChI is InChI=1S/C15H33N.C12H13N3O3S/c1-4-7-10-13-16(14-11-8-5-2)15-12-9-6-3;13-8-1-4-10(5-2-8)15-11-6-3-9(14)7-12(11)19(16,17)18/h4-15H2,1-3H3;1-7,15H,13-14H2,(H,16,17,18). The van der Waals surface area contributed by atoms with Gasteiger partial charge in [0.1, 0.15) is 4.90 Å². The maximum atomic E-state index is 11.3. The first-order valence-corrected chi connectivity index (χ1v) is 14.4. The molecule has 0 aliphatic carbocycles. The molecule has 0 unspecified atom stereocenters. The summed E-state index contributed by atoms with van der Waals surface area (Å²) in [5.74, 6) is 0. The van der Waals surface area contributed by atoms with Gasteiger partial charge in [-0.2, -0.15) is 8.42 Å². The van der Waals surface area contributed by atoms with Crippen LogP contribution >= 0.6 is 0 Å². The SMILES string of the molecule is CCCCCN(CCCCC)CCCCC.Nc1ccc(Nc2ccc(N)cc2S(=O)(=O)O)cc1. The smallest absolute Gasteiger partial charge is 0.296 e. The number of rotatable bonds is 15. The van der Waals surface area contributed by atoms with Crippen LogP contribution in [0.15, 0.2) is 47.4 Å². The van der Waals surface area contributed by atoms with E-state index in [1.54, 1.807) is 24.3 Å². The molecule has 0 heterocycles. The number of hydrogen-bond donors (Lipinski definition) is 4. The fourth-order valence-electron chi connectivity index (χ4n) is 3.67. The van der Waals surface area contributed by atoms with Crippen molar-refractivity contribution in [1.29, 1.82) is 0 Å². The van der Waals surface area contributed by atoms with Crippen molar-refractivity contribution in [2.45, 2.75) is 83.5 Å². The predicted molar refractivity (Wildman–Crippen MR) is 150 cm³/mol. The Morgan fingerprint density at radius 3 is 1.63 bits per heavy atom. The molecular weight excluding hydrogens is 460 g/mol. The Kier molecular flexibility index (Phi) is 15.1.